The normalized spacial score (nSPS) is 10.3. The first-order valence-corrected chi connectivity index (χ1v) is 7.08. The van der Waals surface area contributed by atoms with Crippen molar-refractivity contribution in [1.82, 2.24) is 9.71 Å². The Morgan fingerprint density at radius 2 is 1.61 bits per heavy atom. The van der Waals surface area contributed by atoms with Crippen molar-refractivity contribution in [2.75, 3.05) is 5.32 Å². The molecule has 0 fully saturated rings. The fraction of sp³-hybridized carbons (Fsp3) is 0.0588. The summed E-state index contributed by atoms with van der Waals surface area (Å²) < 4.78 is 0.711. The largest absolute Gasteiger partial charge is 0.401 e. The maximum atomic E-state index is 12.1. The Hall–Kier alpha value is -3.28. The van der Waals surface area contributed by atoms with Gasteiger partial charge >= 0.3 is 5.69 Å². The van der Waals surface area contributed by atoms with Gasteiger partial charge in [-0.25, -0.2) is 4.79 Å². The molecule has 0 bridgehead atoms. The van der Waals surface area contributed by atoms with E-state index in [9.17, 15) is 9.59 Å². The number of benzene rings is 2. The van der Waals surface area contributed by atoms with Crippen LogP contribution in [-0.4, -0.2) is 9.71 Å². The summed E-state index contributed by atoms with van der Waals surface area (Å²) in [5.41, 5.74) is 0.464. The zero-order valence-electron chi connectivity index (χ0n) is 12.2. The molecule has 1 heterocycles. The Bertz CT molecular complexity index is 855. The Kier molecular flexibility index (Phi) is 4.24. The topological polar surface area (TPSA) is 76.1 Å². The van der Waals surface area contributed by atoms with Crippen LogP contribution in [0.1, 0.15) is 5.56 Å². The third-order valence-electron chi connectivity index (χ3n) is 3.15. The van der Waals surface area contributed by atoms with Gasteiger partial charge in [0.2, 0.25) is 0 Å². The molecule has 0 aliphatic rings. The fourth-order valence-corrected chi connectivity index (χ4v) is 2.06. The second-order valence-electron chi connectivity index (χ2n) is 4.87. The van der Waals surface area contributed by atoms with Crippen LogP contribution in [0.4, 0.5) is 11.5 Å². The Labute approximate surface area is 132 Å². The summed E-state index contributed by atoms with van der Waals surface area (Å²) >= 11 is 0. The SMILES string of the molecule is O=c1cc(Nc2ccccc2)[nH]c(=O)n1OCc1ccccc1. The molecular formula is C17H15N3O3. The van der Waals surface area contributed by atoms with Crippen LogP contribution in [0.25, 0.3) is 0 Å². The number of para-hydroxylation sites is 1. The van der Waals surface area contributed by atoms with E-state index < -0.39 is 11.2 Å². The molecule has 6 heteroatoms. The van der Waals surface area contributed by atoms with Crippen molar-refractivity contribution in [2.45, 2.75) is 6.61 Å². The molecule has 0 aliphatic heterocycles. The molecule has 2 N–H and O–H groups in total. The second-order valence-corrected chi connectivity index (χ2v) is 4.87. The zero-order valence-corrected chi connectivity index (χ0v) is 12.2. The molecule has 116 valence electrons. The predicted octanol–water partition coefficient (Wildman–Crippen LogP) is 1.91. The number of rotatable bonds is 5. The van der Waals surface area contributed by atoms with Gasteiger partial charge in [-0.3, -0.25) is 9.78 Å². The van der Waals surface area contributed by atoms with Crippen LogP contribution in [0.3, 0.4) is 0 Å². The molecule has 0 amide bonds. The minimum atomic E-state index is -0.633. The van der Waals surface area contributed by atoms with Gasteiger partial charge in [0.1, 0.15) is 12.4 Å². The lowest BCUT2D eigenvalue weighted by Crippen LogP contribution is -2.39. The van der Waals surface area contributed by atoms with Crippen molar-refractivity contribution in [1.29, 1.82) is 0 Å². The number of nitrogens with zero attached hydrogens (tertiary/aromatic N) is 1. The van der Waals surface area contributed by atoms with Crippen molar-refractivity contribution in [3.8, 4) is 0 Å². The highest BCUT2D eigenvalue weighted by Crippen LogP contribution is 2.10. The first kappa shape index (κ1) is 14.6. The van der Waals surface area contributed by atoms with Crippen LogP contribution >= 0.6 is 0 Å². The number of H-pyrrole nitrogens is 1. The molecule has 2 aromatic carbocycles. The average molecular weight is 309 g/mol. The number of anilines is 2. The minimum Gasteiger partial charge on any atom is -0.401 e. The average Bonchev–Trinajstić information content (AvgIpc) is 2.56. The highest BCUT2D eigenvalue weighted by Gasteiger charge is 2.06. The van der Waals surface area contributed by atoms with Crippen LogP contribution in [0.5, 0.6) is 0 Å². The first-order valence-electron chi connectivity index (χ1n) is 7.08. The Morgan fingerprint density at radius 1 is 0.957 bits per heavy atom. The molecule has 6 nitrogen and oxygen atoms in total. The highest BCUT2D eigenvalue weighted by atomic mass is 16.7. The molecule has 0 atom stereocenters. The summed E-state index contributed by atoms with van der Waals surface area (Å²) in [6.45, 7) is 0.134. The second kappa shape index (κ2) is 6.65. The molecule has 0 radical (unpaired) electrons. The third kappa shape index (κ3) is 3.68. The monoisotopic (exact) mass is 309 g/mol. The molecule has 0 spiro atoms. The van der Waals surface area contributed by atoms with E-state index in [1.807, 2.05) is 60.7 Å². The number of aromatic nitrogens is 2. The van der Waals surface area contributed by atoms with Crippen molar-refractivity contribution in [3.63, 3.8) is 0 Å². The number of nitrogens with one attached hydrogen (secondary N) is 2. The fourth-order valence-electron chi connectivity index (χ4n) is 2.06. The van der Waals surface area contributed by atoms with Gasteiger partial charge in [0.15, 0.2) is 0 Å². The summed E-state index contributed by atoms with van der Waals surface area (Å²) in [7, 11) is 0. The minimum absolute atomic E-state index is 0.134. The number of hydrogen-bond acceptors (Lipinski definition) is 4. The molecule has 3 aromatic rings. The van der Waals surface area contributed by atoms with E-state index in [4.69, 9.17) is 4.84 Å². The molecule has 3 rings (SSSR count). The molecule has 0 saturated carbocycles. The van der Waals surface area contributed by atoms with E-state index in [2.05, 4.69) is 10.3 Å². The van der Waals surface area contributed by atoms with E-state index >= 15 is 0 Å². The molecular weight excluding hydrogens is 294 g/mol. The first-order chi connectivity index (χ1) is 11.2. The number of aromatic amines is 1. The van der Waals surface area contributed by atoms with Gasteiger partial charge in [-0.05, 0) is 17.7 Å². The summed E-state index contributed by atoms with van der Waals surface area (Å²) in [5, 5.41) is 2.96. The van der Waals surface area contributed by atoms with Crippen molar-refractivity contribution in [2.24, 2.45) is 0 Å². The standard InChI is InChI=1S/C17H15N3O3/c21-16-11-15(18-14-9-5-2-6-10-14)19-17(22)20(16)23-12-13-7-3-1-4-8-13/h1-11,18H,12H2,(H,19,22). The lowest BCUT2D eigenvalue weighted by atomic mass is 10.2. The molecule has 23 heavy (non-hydrogen) atoms. The van der Waals surface area contributed by atoms with E-state index in [-0.39, 0.29) is 6.61 Å². The molecule has 0 saturated heterocycles. The van der Waals surface area contributed by atoms with Crippen LogP contribution in [0.15, 0.2) is 76.3 Å². The van der Waals surface area contributed by atoms with Gasteiger partial charge in [-0.15, -0.1) is 0 Å². The third-order valence-corrected chi connectivity index (χ3v) is 3.15. The number of hydrogen-bond donors (Lipinski definition) is 2. The molecule has 1 aromatic heterocycles. The van der Waals surface area contributed by atoms with Gasteiger partial charge in [0, 0.05) is 11.8 Å². The maximum absolute atomic E-state index is 12.1. The van der Waals surface area contributed by atoms with Crippen molar-refractivity contribution >= 4 is 11.5 Å². The molecule has 0 unspecified atom stereocenters. The lowest BCUT2D eigenvalue weighted by Gasteiger charge is -2.09. The predicted molar refractivity (Wildman–Crippen MR) is 87.8 cm³/mol. The highest BCUT2D eigenvalue weighted by molar-refractivity contribution is 5.54. The lowest BCUT2D eigenvalue weighted by molar-refractivity contribution is 0.0792. The van der Waals surface area contributed by atoms with Gasteiger partial charge in [-0.2, -0.15) is 0 Å². The van der Waals surface area contributed by atoms with Gasteiger partial charge in [-0.1, -0.05) is 53.3 Å². The van der Waals surface area contributed by atoms with Crippen LogP contribution < -0.4 is 21.4 Å². The summed E-state index contributed by atoms with van der Waals surface area (Å²) in [6, 6.07) is 19.8. The maximum Gasteiger partial charge on any atom is 0.363 e. The van der Waals surface area contributed by atoms with Crippen LogP contribution in [0, 0.1) is 0 Å². The Balaban J connectivity index is 1.78. The van der Waals surface area contributed by atoms with Gasteiger partial charge in [0.25, 0.3) is 5.56 Å². The zero-order chi connectivity index (χ0) is 16.1. The summed E-state index contributed by atoms with van der Waals surface area (Å²) in [4.78, 5) is 31.9. The van der Waals surface area contributed by atoms with E-state index in [0.717, 1.165) is 11.3 Å². The Morgan fingerprint density at radius 3 is 2.26 bits per heavy atom. The molecule has 0 aliphatic carbocycles. The quantitative estimate of drug-likeness (QED) is 0.755. The van der Waals surface area contributed by atoms with Gasteiger partial charge in [0.05, 0.1) is 0 Å². The van der Waals surface area contributed by atoms with E-state index in [0.29, 0.717) is 10.5 Å². The summed E-state index contributed by atoms with van der Waals surface area (Å²) in [6.07, 6.45) is 0. The van der Waals surface area contributed by atoms with E-state index in [1.165, 1.54) is 6.07 Å². The van der Waals surface area contributed by atoms with E-state index in [1.54, 1.807) is 0 Å². The van der Waals surface area contributed by atoms with Crippen LogP contribution in [0.2, 0.25) is 0 Å². The van der Waals surface area contributed by atoms with Gasteiger partial charge < -0.3 is 10.2 Å². The smallest absolute Gasteiger partial charge is 0.363 e. The van der Waals surface area contributed by atoms with Crippen molar-refractivity contribution in [3.05, 3.63) is 93.1 Å². The van der Waals surface area contributed by atoms with Crippen molar-refractivity contribution < 1.29 is 4.84 Å². The summed E-state index contributed by atoms with van der Waals surface area (Å²) in [5.74, 6) is 0.311. The van der Waals surface area contributed by atoms with Crippen LogP contribution in [-0.2, 0) is 6.61 Å².